The van der Waals surface area contributed by atoms with E-state index >= 15 is 0 Å². The fourth-order valence-electron chi connectivity index (χ4n) is 2.79. The minimum atomic E-state index is -0.0882. The first-order chi connectivity index (χ1) is 10.6. The summed E-state index contributed by atoms with van der Waals surface area (Å²) in [6, 6.07) is 7.53. The molecule has 4 nitrogen and oxygen atoms in total. The molecule has 1 aromatic carbocycles. The Hall–Kier alpha value is -1.10. The van der Waals surface area contributed by atoms with Gasteiger partial charge in [-0.15, -0.1) is 0 Å². The molecule has 2 atom stereocenters. The Morgan fingerprint density at radius 2 is 2.27 bits per heavy atom. The van der Waals surface area contributed by atoms with Crippen LogP contribution in [-0.2, 0) is 9.53 Å². The van der Waals surface area contributed by atoms with Crippen molar-refractivity contribution in [1.82, 2.24) is 10.2 Å². The molecule has 1 aromatic rings. The maximum absolute atomic E-state index is 12.3. The van der Waals surface area contributed by atoms with Crippen LogP contribution in [-0.4, -0.2) is 43.7 Å². The van der Waals surface area contributed by atoms with E-state index in [2.05, 4.69) is 17.1 Å². The Morgan fingerprint density at radius 3 is 2.91 bits per heavy atom. The Kier molecular flexibility index (Phi) is 6.68. The Bertz CT molecular complexity index is 489. The van der Waals surface area contributed by atoms with Crippen LogP contribution in [0.2, 0.25) is 5.02 Å². The number of rotatable bonds is 7. The summed E-state index contributed by atoms with van der Waals surface area (Å²) in [5.41, 5.74) is 0.949. The summed E-state index contributed by atoms with van der Waals surface area (Å²) in [5.74, 6) is 0.585. The number of amides is 1. The smallest absolute Gasteiger partial charge is 0.234 e. The molecule has 0 radical (unpaired) electrons. The third-order valence-corrected chi connectivity index (χ3v) is 4.45. The summed E-state index contributed by atoms with van der Waals surface area (Å²) in [7, 11) is 0. The van der Waals surface area contributed by atoms with Gasteiger partial charge in [-0.05, 0) is 37.4 Å². The van der Waals surface area contributed by atoms with Crippen molar-refractivity contribution in [2.75, 3.05) is 32.8 Å². The molecule has 1 saturated heterocycles. The normalized spacial score (nSPS) is 19.4. The van der Waals surface area contributed by atoms with Gasteiger partial charge in [0.05, 0.1) is 19.2 Å². The maximum atomic E-state index is 12.3. The molecule has 1 N–H and O–H groups in total. The SMILES string of the molecule is CCN(CC(=O)NC(C)c1ccccc1Cl)CC1CCOC1. The lowest BCUT2D eigenvalue weighted by Gasteiger charge is -2.24. The molecule has 22 heavy (non-hydrogen) atoms. The zero-order chi connectivity index (χ0) is 15.9. The van der Waals surface area contributed by atoms with E-state index in [1.165, 1.54) is 0 Å². The average Bonchev–Trinajstić information content (AvgIpc) is 2.99. The van der Waals surface area contributed by atoms with Gasteiger partial charge in [0, 0.05) is 18.2 Å². The topological polar surface area (TPSA) is 41.6 Å². The van der Waals surface area contributed by atoms with Crippen LogP contribution < -0.4 is 5.32 Å². The predicted molar refractivity (Wildman–Crippen MR) is 89.0 cm³/mol. The zero-order valence-corrected chi connectivity index (χ0v) is 14.1. The third-order valence-electron chi connectivity index (χ3n) is 4.10. The van der Waals surface area contributed by atoms with Gasteiger partial charge in [0.15, 0.2) is 0 Å². The number of carbonyl (C=O) groups is 1. The van der Waals surface area contributed by atoms with E-state index in [-0.39, 0.29) is 11.9 Å². The van der Waals surface area contributed by atoms with Crippen LogP contribution in [0.4, 0.5) is 0 Å². The van der Waals surface area contributed by atoms with Crippen molar-refractivity contribution in [2.24, 2.45) is 5.92 Å². The molecule has 1 aliphatic rings. The summed E-state index contributed by atoms with van der Waals surface area (Å²) in [6.45, 7) is 7.91. The van der Waals surface area contributed by atoms with Crippen LogP contribution >= 0.6 is 11.6 Å². The van der Waals surface area contributed by atoms with Crippen LogP contribution in [0.5, 0.6) is 0 Å². The summed E-state index contributed by atoms with van der Waals surface area (Å²) < 4.78 is 5.40. The van der Waals surface area contributed by atoms with Crippen molar-refractivity contribution < 1.29 is 9.53 Å². The fourth-order valence-corrected chi connectivity index (χ4v) is 3.09. The number of carbonyl (C=O) groups excluding carboxylic acids is 1. The van der Waals surface area contributed by atoms with Crippen molar-refractivity contribution in [3.05, 3.63) is 34.9 Å². The molecule has 0 spiro atoms. The Morgan fingerprint density at radius 1 is 1.50 bits per heavy atom. The first-order valence-corrected chi connectivity index (χ1v) is 8.31. The lowest BCUT2D eigenvalue weighted by molar-refractivity contribution is -0.123. The number of ether oxygens (including phenoxy) is 1. The highest BCUT2D eigenvalue weighted by molar-refractivity contribution is 6.31. The number of likely N-dealkylation sites (N-methyl/N-ethyl adjacent to an activating group) is 1. The summed E-state index contributed by atoms with van der Waals surface area (Å²) in [6.07, 6.45) is 1.09. The standard InChI is InChI=1S/C17H25ClN2O2/c1-3-20(10-14-8-9-22-12-14)11-17(21)19-13(2)15-6-4-5-7-16(15)18/h4-7,13-14H,3,8-12H2,1-2H3,(H,19,21). The van der Waals surface area contributed by atoms with E-state index in [4.69, 9.17) is 16.3 Å². The molecule has 0 aliphatic carbocycles. The van der Waals surface area contributed by atoms with Gasteiger partial charge in [0.1, 0.15) is 0 Å². The zero-order valence-electron chi connectivity index (χ0n) is 13.3. The lowest BCUT2D eigenvalue weighted by Crippen LogP contribution is -2.40. The number of benzene rings is 1. The molecule has 2 rings (SSSR count). The monoisotopic (exact) mass is 324 g/mol. The molecule has 2 unspecified atom stereocenters. The van der Waals surface area contributed by atoms with E-state index in [1.807, 2.05) is 31.2 Å². The minimum Gasteiger partial charge on any atom is -0.381 e. The van der Waals surface area contributed by atoms with E-state index in [1.54, 1.807) is 0 Å². The molecule has 122 valence electrons. The highest BCUT2D eigenvalue weighted by atomic mass is 35.5. The first-order valence-electron chi connectivity index (χ1n) is 7.94. The van der Waals surface area contributed by atoms with Crippen molar-refractivity contribution >= 4 is 17.5 Å². The second kappa shape index (κ2) is 8.51. The molecule has 0 aromatic heterocycles. The Balaban J connectivity index is 1.84. The molecule has 1 aliphatic heterocycles. The van der Waals surface area contributed by atoms with E-state index in [0.717, 1.165) is 38.3 Å². The molecule has 1 fully saturated rings. The second-order valence-corrected chi connectivity index (χ2v) is 6.28. The van der Waals surface area contributed by atoms with Gasteiger partial charge in [0.2, 0.25) is 5.91 Å². The average molecular weight is 325 g/mol. The number of nitrogens with one attached hydrogen (secondary N) is 1. The summed E-state index contributed by atoms with van der Waals surface area (Å²) in [5, 5.41) is 3.72. The summed E-state index contributed by atoms with van der Waals surface area (Å²) >= 11 is 6.17. The number of hydrogen-bond donors (Lipinski definition) is 1. The van der Waals surface area contributed by atoms with Crippen LogP contribution in [0.25, 0.3) is 0 Å². The summed E-state index contributed by atoms with van der Waals surface area (Å²) in [4.78, 5) is 14.4. The largest absolute Gasteiger partial charge is 0.381 e. The van der Waals surface area contributed by atoms with Crippen LogP contribution in [0.15, 0.2) is 24.3 Å². The van der Waals surface area contributed by atoms with Crippen molar-refractivity contribution in [3.8, 4) is 0 Å². The molecule has 1 heterocycles. The number of hydrogen-bond acceptors (Lipinski definition) is 3. The van der Waals surface area contributed by atoms with E-state index in [9.17, 15) is 4.79 Å². The lowest BCUT2D eigenvalue weighted by atomic mass is 10.1. The Labute approximate surface area is 137 Å². The van der Waals surface area contributed by atoms with E-state index < -0.39 is 0 Å². The van der Waals surface area contributed by atoms with Crippen LogP contribution in [0, 0.1) is 5.92 Å². The van der Waals surface area contributed by atoms with Gasteiger partial charge < -0.3 is 10.1 Å². The van der Waals surface area contributed by atoms with Gasteiger partial charge >= 0.3 is 0 Å². The first kappa shape index (κ1) is 17.3. The van der Waals surface area contributed by atoms with Gasteiger partial charge in [-0.1, -0.05) is 36.7 Å². The minimum absolute atomic E-state index is 0.0354. The van der Waals surface area contributed by atoms with Crippen LogP contribution in [0.3, 0.4) is 0 Å². The van der Waals surface area contributed by atoms with Gasteiger partial charge in [0.25, 0.3) is 0 Å². The fraction of sp³-hybridized carbons (Fsp3) is 0.588. The van der Waals surface area contributed by atoms with E-state index in [0.29, 0.717) is 17.5 Å². The number of nitrogens with zero attached hydrogens (tertiary/aromatic N) is 1. The molecule has 1 amide bonds. The van der Waals surface area contributed by atoms with Crippen molar-refractivity contribution in [3.63, 3.8) is 0 Å². The molecule has 5 heteroatoms. The maximum Gasteiger partial charge on any atom is 0.234 e. The van der Waals surface area contributed by atoms with Crippen molar-refractivity contribution in [2.45, 2.75) is 26.3 Å². The van der Waals surface area contributed by atoms with Gasteiger partial charge in [-0.2, -0.15) is 0 Å². The highest BCUT2D eigenvalue weighted by Crippen LogP contribution is 2.22. The van der Waals surface area contributed by atoms with Crippen molar-refractivity contribution in [1.29, 1.82) is 0 Å². The molecular weight excluding hydrogens is 300 g/mol. The van der Waals surface area contributed by atoms with Gasteiger partial charge in [-0.3, -0.25) is 9.69 Å². The molecular formula is C17H25ClN2O2. The third kappa shape index (κ3) is 4.97. The quantitative estimate of drug-likeness (QED) is 0.838. The highest BCUT2D eigenvalue weighted by Gasteiger charge is 2.20. The van der Waals surface area contributed by atoms with Gasteiger partial charge in [-0.25, -0.2) is 0 Å². The molecule has 0 saturated carbocycles. The predicted octanol–water partition coefficient (Wildman–Crippen LogP) is 2.88. The molecule has 0 bridgehead atoms. The number of halogens is 1. The second-order valence-electron chi connectivity index (χ2n) is 5.87. The van der Waals surface area contributed by atoms with Crippen LogP contribution in [0.1, 0.15) is 31.9 Å².